The summed E-state index contributed by atoms with van der Waals surface area (Å²) in [4.78, 5) is 46.6. The van der Waals surface area contributed by atoms with Gasteiger partial charge in [-0.3, -0.25) is 19.2 Å². The molecule has 5 aliphatic carbocycles. The van der Waals surface area contributed by atoms with Crippen LogP contribution >= 0.6 is 0 Å². The van der Waals surface area contributed by atoms with Crippen molar-refractivity contribution in [2.45, 2.75) is 146 Å². The van der Waals surface area contributed by atoms with Gasteiger partial charge in [0, 0.05) is 24.3 Å². The van der Waals surface area contributed by atoms with Gasteiger partial charge >= 0.3 is 0 Å². The molecule has 1 N–H and O–H groups in total. The molecule has 0 aromatic rings. The molecule has 6 heteroatoms. The highest BCUT2D eigenvalue weighted by molar-refractivity contribution is 5.96. The number of carbonyl (C=O) groups is 3. The molecule has 0 bridgehead atoms. The monoisotopic (exact) mass is 596 g/mol. The number of hydroxylamine groups is 2. The van der Waals surface area contributed by atoms with Crippen LogP contribution in [-0.4, -0.2) is 41.4 Å². The minimum absolute atomic E-state index is 0.0316. The Hall–Kier alpha value is -1.69. The van der Waals surface area contributed by atoms with Crippen molar-refractivity contribution < 1.29 is 19.2 Å². The van der Waals surface area contributed by atoms with Gasteiger partial charge in [0.15, 0.2) is 5.78 Å². The van der Waals surface area contributed by atoms with E-state index in [4.69, 9.17) is 4.84 Å². The predicted octanol–water partition coefficient (Wildman–Crippen LogP) is 7.66. The molecule has 0 spiro atoms. The van der Waals surface area contributed by atoms with E-state index in [9.17, 15) is 14.4 Å². The SMILES string of the molecule is CON(C(=O)[C@@]1(C)CC[C@]2(C)CC[C@]3(C)C(=CC(=O)[C@@H]4[C@@]5(C)CC[C@H](NC(C)=O)C(C)(C)C5CC[C@]43C)[C@@H]2C1)C(C)(C)C. The van der Waals surface area contributed by atoms with Crippen molar-refractivity contribution >= 4 is 17.6 Å². The number of nitrogens with one attached hydrogen (secondary N) is 1. The Labute approximate surface area is 261 Å². The van der Waals surface area contributed by atoms with Crippen LogP contribution in [0.5, 0.6) is 0 Å². The molecule has 5 aliphatic rings. The Morgan fingerprint density at radius 3 is 2.14 bits per heavy atom. The first-order valence-electron chi connectivity index (χ1n) is 17.0. The summed E-state index contributed by atoms with van der Waals surface area (Å²) in [5, 5.41) is 4.85. The van der Waals surface area contributed by atoms with Gasteiger partial charge in [0.25, 0.3) is 5.91 Å². The third-order valence-electron chi connectivity index (χ3n) is 14.5. The molecule has 5 rings (SSSR count). The maximum absolute atomic E-state index is 14.7. The van der Waals surface area contributed by atoms with Gasteiger partial charge in [-0.25, -0.2) is 5.06 Å². The zero-order valence-electron chi connectivity index (χ0n) is 29.3. The van der Waals surface area contributed by atoms with E-state index >= 15 is 0 Å². The van der Waals surface area contributed by atoms with Crippen molar-refractivity contribution in [3.63, 3.8) is 0 Å². The second kappa shape index (κ2) is 9.90. The first-order valence-corrected chi connectivity index (χ1v) is 17.0. The predicted molar refractivity (Wildman–Crippen MR) is 171 cm³/mol. The van der Waals surface area contributed by atoms with Gasteiger partial charge in [-0.15, -0.1) is 0 Å². The first-order chi connectivity index (χ1) is 19.6. The molecule has 9 atom stereocenters. The van der Waals surface area contributed by atoms with Gasteiger partial charge in [-0.05, 0) is 124 Å². The Morgan fingerprint density at radius 2 is 1.56 bits per heavy atom. The number of ketones is 1. The highest BCUT2D eigenvalue weighted by atomic mass is 16.7. The van der Waals surface area contributed by atoms with Crippen molar-refractivity contribution in [3.05, 3.63) is 11.6 Å². The van der Waals surface area contributed by atoms with Gasteiger partial charge in [0.1, 0.15) is 0 Å². The Bertz CT molecular complexity index is 1230. The lowest BCUT2D eigenvalue weighted by Gasteiger charge is -2.70. The third kappa shape index (κ3) is 4.53. The van der Waals surface area contributed by atoms with Crippen molar-refractivity contribution in [2.75, 3.05) is 7.11 Å². The van der Waals surface area contributed by atoms with Crippen LogP contribution < -0.4 is 5.32 Å². The summed E-state index contributed by atoms with van der Waals surface area (Å²) < 4.78 is 0. The van der Waals surface area contributed by atoms with Crippen LogP contribution in [0.2, 0.25) is 0 Å². The molecular weight excluding hydrogens is 536 g/mol. The molecule has 2 amide bonds. The second-order valence-corrected chi connectivity index (χ2v) is 18.3. The molecule has 4 fully saturated rings. The summed E-state index contributed by atoms with van der Waals surface area (Å²) in [5.74, 6) is 0.952. The van der Waals surface area contributed by atoms with Crippen LogP contribution in [0.4, 0.5) is 0 Å². The zero-order chi connectivity index (χ0) is 32.2. The fourth-order valence-corrected chi connectivity index (χ4v) is 11.8. The van der Waals surface area contributed by atoms with Gasteiger partial charge in [0.2, 0.25) is 5.91 Å². The van der Waals surface area contributed by atoms with Crippen molar-refractivity contribution in [1.29, 1.82) is 0 Å². The molecular formula is C37H60N2O4. The fourth-order valence-electron chi connectivity index (χ4n) is 11.8. The molecule has 43 heavy (non-hydrogen) atoms. The van der Waals surface area contributed by atoms with Crippen LogP contribution in [0, 0.1) is 50.2 Å². The Kier molecular flexibility index (Phi) is 7.53. The number of hydrogen-bond donors (Lipinski definition) is 1. The zero-order valence-corrected chi connectivity index (χ0v) is 29.3. The van der Waals surface area contributed by atoms with Gasteiger partial charge in [0.05, 0.1) is 12.6 Å². The molecule has 0 aromatic carbocycles. The van der Waals surface area contributed by atoms with E-state index in [0.29, 0.717) is 11.7 Å². The average Bonchev–Trinajstić information content (AvgIpc) is 2.87. The van der Waals surface area contributed by atoms with Crippen molar-refractivity contribution in [2.24, 2.45) is 50.2 Å². The molecule has 0 saturated heterocycles. The standard InChI is InChI=1S/C37H60N2O4/c1-23(40)38-28-14-15-35(9)27(32(28,5)6)13-16-37(11)29(35)26(41)21-24-25-22-34(8,30(42)39(43-12)31(2,3)4)18-17-33(25,7)19-20-36(24,37)10/h21,25,27-29H,13-20,22H2,1-12H3,(H,38,40)/t25-,27?,28-,29+,33+,34-,35-,36+,37+/m0/s1. The van der Waals surface area contributed by atoms with E-state index in [1.54, 1.807) is 19.1 Å². The maximum atomic E-state index is 14.7. The molecule has 4 saturated carbocycles. The molecule has 0 radical (unpaired) electrons. The van der Waals surface area contributed by atoms with E-state index in [-0.39, 0.29) is 56.8 Å². The highest BCUT2D eigenvalue weighted by Gasteiger charge is 2.70. The van der Waals surface area contributed by atoms with Crippen molar-refractivity contribution in [1.82, 2.24) is 10.4 Å². The molecule has 1 unspecified atom stereocenters. The molecule has 0 heterocycles. The summed E-state index contributed by atoms with van der Waals surface area (Å²) >= 11 is 0. The van der Waals surface area contributed by atoms with Crippen LogP contribution in [0.25, 0.3) is 0 Å². The van der Waals surface area contributed by atoms with E-state index in [1.807, 2.05) is 20.8 Å². The summed E-state index contributed by atoms with van der Waals surface area (Å²) in [6.45, 7) is 24.2. The van der Waals surface area contributed by atoms with Crippen LogP contribution in [0.15, 0.2) is 11.6 Å². The van der Waals surface area contributed by atoms with Gasteiger partial charge in [-0.1, -0.05) is 54.0 Å². The lowest BCUT2D eigenvalue weighted by molar-refractivity contribution is -0.216. The quantitative estimate of drug-likeness (QED) is 0.340. The van der Waals surface area contributed by atoms with E-state index in [1.165, 1.54) is 5.57 Å². The van der Waals surface area contributed by atoms with Crippen molar-refractivity contribution in [3.8, 4) is 0 Å². The molecule has 0 aliphatic heterocycles. The molecule has 0 aromatic heterocycles. The maximum Gasteiger partial charge on any atom is 0.252 e. The van der Waals surface area contributed by atoms with E-state index in [0.717, 1.165) is 57.8 Å². The summed E-state index contributed by atoms with van der Waals surface area (Å²) in [7, 11) is 1.60. The topological polar surface area (TPSA) is 75.7 Å². The number of carbonyl (C=O) groups excluding carboxylic acids is 3. The number of hydrogen-bond acceptors (Lipinski definition) is 4. The van der Waals surface area contributed by atoms with E-state index < -0.39 is 11.0 Å². The number of allylic oxidation sites excluding steroid dienone is 2. The smallest absolute Gasteiger partial charge is 0.252 e. The summed E-state index contributed by atoms with van der Waals surface area (Å²) in [6.07, 6.45) is 10.9. The summed E-state index contributed by atoms with van der Waals surface area (Å²) in [6, 6.07) is 0.139. The first kappa shape index (κ1) is 32.7. The highest BCUT2D eigenvalue weighted by Crippen LogP contribution is 2.75. The number of amides is 2. The third-order valence-corrected chi connectivity index (χ3v) is 14.5. The average molecular weight is 597 g/mol. The van der Waals surface area contributed by atoms with Crippen LogP contribution in [0.1, 0.15) is 134 Å². The Balaban J connectivity index is 1.54. The minimum atomic E-state index is -0.539. The van der Waals surface area contributed by atoms with Gasteiger partial charge in [-0.2, -0.15) is 0 Å². The fraction of sp³-hybridized carbons (Fsp3) is 0.865. The largest absolute Gasteiger partial charge is 0.353 e. The van der Waals surface area contributed by atoms with E-state index in [2.05, 4.69) is 59.9 Å². The normalized spacial score (nSPS) is 45.5. The molecule has 6 nitrogen and oxygen atoms in total. The summed E-state index contributed by atoms with van der Waals surface area (Å²) in [5.41, 5.74) is 0.0271. The van der Waals surface area contributed by atoms with Crippen LogP contribution in [-0.2, 0) is 19.2 Å². The number of rotatable bonds is 3. The number of nitrogens with zero attached hydrogens (tertiary/aromatic N) is 1. The molecule has 242 valence electrons. The van der Waals surface area contributed by atoms with Gasteiger partial charge < -0.3 is 5.32 Å². The Morgan fingerprint density at radius 1 is 0.930 bits per heavy atom. The minimum Gasteiger partial charge on any atom is -0.353 e. The number of fused-ring (bicyclic) bond motifs is 7. The lowest BCUT2D eigenvalue weighted by Crippen LogP contribution is -2.67. The van der Waals surface area contributed by atoms with Crippen LogP contribution in [0.3, 0.4) is 0 Å². The lowest BCUT2D eigenvalue weighted by atomic mass is 9.33. The second-order valence-electron chi connectivity index (χ2n) is 18.3.